The Morgan fingerprint density at radius 2 is 1.91 bits per heavy atom. The fourth-order valence-corrected chi connectivity index (χ4v) is 6.48. The molecule has 1 aliphatic heterocycles. The van der Waals surface area contributed by atoms with Crippen LogP contribution in [0.5, 0.6) is 0 Å². The molecule has 1 aromatic heterocycles. The summed E-state index contributed by atoms with van der Waals surface area (Å²) in [6.07, 6.45) is 3.83. The molecule has 2 heterocycles. The maximum Gasteiger partial charge on any atom is 0.330 e. The number of likely N-dealkylation sites (tertiary alicyclic amines) is 1. The van der Waals surface area contributed by atoms with Crippen molar-refractivity contribution >= 4 is 40.3 Å². The van der Waals surface area contributed by atoms with E-state index < -0.39 is 28.5 Å². The van der Waals surface area contributed by atoms with E-state index in [4.69, 9.17) is 4.74 Å². The number of benzene rings is 2. The molecule has 1 unspecified atom stereocenters. The third kappa shape index (κ3) is 4.10. The molecule has 1 saturated heterocycles. The number of ketones is 1. The van der Waals surface area contributed by atoms with Gasteiger partial charge in [-0.25, -0.2) is 0 Å². The number of methoxy groups -OCH3 is 1. The van der Waals surface area contributed by atoms with Gasteiger partial charge in [0.1, 0.15) is 4.75 Å². The van der Waals surface area contributed by atoms with Crippen molar-refractivity contribution in [2.45, 2.75) is 34.9 Å². The zero-order valence-corrected chi connectivity index (χ0v) is 20.1. The van der Waals surface area contributed by atoms with Crippen LogP contribution < -0.4 is 0 Å². The number of para-hydroxylation sites is 1. The van der Waals surface area contributed by atoms with Gasteiger partial charge in [0.15, 0.2) is 5.78 Å². The van der Waals surface area contributed by atoms with Crippen molar-refractivity contribution in [3.8, 4) is 6.07 Å². The molecule has 1 amide bonds. The van der Waals surface area contributed by atoms with E-state index in [0.29, 0.717) is 12.5 Å². The van der Waals surface area contributed by atoms with Crippen molar-refractivity contribution in [3.63, 3.8) is 0 Å². The van der Waals surface area contributed by atoms with Crippen LogP contribution in [0.4, 0.5) is 0 Å². The number of amides is 1. The van der Waals surface area contributed by atoms with Crippen molar-refractivity contribution < 1.29 is 19.1 Å². The summed E-state index contributed by atoms with van der Waals surface area (Å²) < 4.78 is 3.43. The van der Waals surface area contributed by atoms with E-state index in [1.54, 1.807) is 4.90 Å². The van der Waals surface area contributed by atoms with Gasteiger partial charge in [-0.15, -0.1) is 11.8 Å². The first-order chi connectivity index (χ1) is 17.0. The number of fused-ring (bicyclic) bond motifs is 1. The van der Waals surface area contributed by atoms with Gasteiger partial charge in [-0.05, 0) is 37.0 Å². The number of nitrogens with zero attached hydrogens (tertiary/aromatic N) is 2. The Bertz CT molecular complexity index is 1330. The minimum absolute atomic E-state index is 0.0997. The molecule has 178 valence electrons. The predicted octanol–water partition coefficient (Wildman–Crippen LogP) is 4.26. The Labute approximate surface area is 207 Å². The molecule has 3 aromatic rings. The number of esters is 1. The number of nitriles is 1. The minimum Gasteiger partial charge on any atom is -0.468 e. The van der Waals surface area contributed by atoms with Gasteiger partial charge in [0, 0.05) is 34.1 Å². The summed E-state index contributed by atoms with van der Waals surface area (Å²) in [7, 11) is 1.16. The summed E-state index contributed by atoms with van der Waals surface area (Å²) in [4.78, 5) is 46.2. The third-order valence-corrected chi connectivity index (χ3v) is 8.28. The topological polar surface area (TPSA) is 103 Å². The number of H-pyrrole nitrogens is 1. The van der Waals surface area contributed by atoms with E-state index in [1.165, 1.54) is 11.8 Å². The molecule has 2 aromatic carbocycles. The molecule has 8 heteroatoms. The number of nitrogens with one attached hydrogen (secondary N) is 1. The number of carbonyl (C=O) groups is 3. The molecule has 0 radical (unpaired) electrons. The quantitative estimate of drug-likeness (QED) is 0.376. The van der Waals surface area contributed by atoms with Crippen LogP contribution in [0.15, 0.2) is 65.7 Å². The van der Waals surface area contributed by atoms with Crippen molar-refractivity contribution in [1.29, 1.82) is 5.26 Å². The predicted molar refractivity (Wildman–Crippen MR) is 131 cm³/mol. The van der Waals surface area contributed by atoms with Crippen LogP contribution in [0.1, 0.15) is 30.9 Å². The second-order valence-electron chi connectivity index (χ2n) is 9.11. The van der Waals surface area contributed by atoms with Gasteiger partial charge in [0.2, 0.25) is 11.8 Å². The third-order valence-electron chi connectivity index (χ3n) is 6.84. The Balaban J connectivity index is 1.72. The number of hydrogen-bond donors (Lipinski definition) is 1. The zero-order valence-electron chi connectivity index (χ0n) is 19.3. The monoisotopic (exact) mass is 487 g/mol. The highest BCUT2D eigenvalue weighted by molar-refractivity contribution is 8.01. The fraction of sp³-hybridized carbons (Fsp3) is 0.333. The summed E-state index contributed by atoms with van der Waals surface area (Å²) in [5, 5.41) is 10.7. The normalized spacial score (nSPS) is 22.7. The molecule has 0 spiro atoms. The Morgan fingerprint density at radius 1 is 1.20 bits per heavy atom. The van der Waals surface area contributed by atoms with E-state index in [1.807, 2.05) is 66.9 Å². The van der Waals surface area contributed by atoms with Crippen LogP contribution in [-0.2, 0) is 19.1 Å². The number of ether oxygens (including phenoxy) is 1. The lowest BCUT2D eigenvalue weighted by atomic mass is 9.83. The molecule has 5 rings (SSSR count). The second kappa shape index (κ2) is 9.23. The first kappa shape index (κ1) is 23.2. The second-order valence-corrected chi connectivity index (χ2v) is 10.5. The standard InChI is InChI=1S/C27H25N3O4S/c1-34-26(33)20(14-28)25(32)27(35-18-7-3-2-4-8-18)13-23(31)30(16-17-11-12-17)24(27)21-15-29-22-10-6-5-9-19(21)22/h2-10,15,17,20,24,29H,11-13,16H2,1H3/t20?,24-,27-/m0/s1. The summed E-state index contributed by atoms with van der Waals surface area (Å²) in [6.45, 7) is 0.544. The molecular weight excluding hydrogens is 462 g/mol. The minimum atomic E-state index is -1.63. The van der Waals surface area contributed by atoms with Crippen LogP contribution in [0, 0.1) is 23.2 Å². The number of thioether (sulfide) groups is 1. The number of aromatic amines is 1. The van der Waals surface area contributed by atoms with Gasteiger partial charge >= 0.3 is 5.97 Å². The molecule has 1 N–H and O–H groups in total. The van der Waals surface area contributed by atoms with E-state index in [9.17, 15) is 19.6 Å². The zero-order chi connectivity index (χ0) is 24.6. The van der Waals surface area contributed by atoms with E-state index in [-0.39, 0.29) is 12.3 Å². The Hall–Kier alpha value is -3.57. The highest BCUT2D eigenvalue weighted by atomic mass is 32.2. The van der Waals surface area contributed by atoms with Gasteiger partial charge < -0.3 is 14.6 Å². The van der Waals surface area contributed by atoms with Gasteiger partial charge in [-0.2, -0.15) is 5.26 Å². The molecule has 0 bridgehead atoms. The Morgan fingerprint density at radius 3 is 2.60 bits per heavy atom. The number of Topliss-reactive ketones (excluding diaryl/α,β-unsaturated/α-hetero) is 1. The SMILES string of the molecule is COC(=O)C(C#N)C(=O)[C@]1(Sc2ccccc2)CC(=O)N(CC2CC2)[C@H]1c1c[nH]c2ccccc12. The molecule has 7 nitrogen and oxygen atoms in total. The van der Waals surface area contributed by atoms with Crippen molar-refractivity contribution in [1.82, 2.24) is 9.88 Å². The van der Waals surface area contributed by atoms with E-state index in [2.05, 4.69) is 4.98 Å². The summed E-state index contributed by atoms with van der Waals surface area (Å²) >= 11 is 1.26. The maximum absolute atomic E-state index is 14.2. The van der Waals surface area contributed by atoms with Crippen LogP contribution in [0.25, 0.3) is 10.9 Å². The summed E-state index contributed by atoms with van der Waals surface area (Å²) in [5.41, 5.74) is 1.70. The summed E-state index contributed by atoms with van der Waals surface area (Å²) in [6, 6.07) is 18.3. The van der Waals surface area contributed by atoms with Gasteiger partial charge in [-0.1, -0.05) is 36.4 Å². The van der Waals surface area contributed by atoms with Crippen LogP contribution in [0.3, 0.4) is 0 Å². The lowest BCUT2D eigenvalue weighted by Gasteiger charge is -2.37. The van der Waals surface area contributed by atoms with Crippen molar-refractivity contribution in [2.75, 3.05) is 13.7 Å². The molecule has 2 aliphatic rings. The van der Waals surface area contributed by atoms with E-state index >= 15 is 0 Å². The first-order valence-electron chi connectivity index (χ1n) is 11.6. The number of rotatable bonds is 8. The first-order valence-corrected chi connectivity index (χ1v) is 12.4. The molecule has 3 atom stereocenters. The van der Waals surface area contributed by atoms with Crippen LogP contribution in [0.2, 0.25) is 0 Å². The molecular formula is C27H25N3O4S. The van der Waals surface area contributed by atoms with Gasteiger partial charge in [-0.3, -0.25) is 14.4 Å². The lowest BCUT2D eigenvalue weighted by Crippen LogP contribution is -2.47. The van der Waals surface area contributed by atoms with Crippen LogP contribution in [-0.4, -0.2) is 45.9 Å². The van der Waals surface area contributed by atoms with Crippen molar-refractivity contribution in [3.05, 3.63) is 66.4 Å². The lowest BCUT2D eigenvalue weighted by molar-refractivity contribution is -0.147. The molecule has 1 saturated carbocycles. The van der Waals surface area contributed by atoms with Gasteiger partial charge in [0.25, 0.3) is 0 Å². The smallest absolute Gasteiger partial charge is 0.330 e. The fourth-order valence-electron chi connectivity index (χ4n) is 4.99. The number of hydrogen-bond acceptors (Lipinski definition) is 6. The molecule has 1 aliphatic carbocycles. The van der Waals surface area contributed by atoms with Gasteiger partial charge in [0.05, 0.1) is 25.6 Å². The number of carbonyl (C=O) groups excluding carboxylic acids is 3. The maximum atomic E-state index is 14.2. The Kier molecular flexibility index (Phi) is 6.12. The highest BCUT2D eigenvalue weighted by Gasteiger charge is 2.61. The molecule has 2 fully saturated rings. The summed E-state index contributed by atoms with van der Waals surface area (Å²) in [5.74, 6) is -2.88. The molecule has 35 heavy (non-hydrogen) atoms. The number of aromatic nitrogens is 1. The average Bonchev–Trinajstić information content (AvgIpc) is 3.54. The van der Waals surface area contributed by atoms with E-state index in [0.717, 1.165) is 41.3 Å². The largest absolute Gasteiger partial charge is 0.468 e. The average molecular weight is 488 g/mol. The highest BCUT2D eigenvalue weighted by Crippen LogP contribution is 2.55. The van der Waals surface area contributed by atoms with Crippen molar-refractivity contribution in [2.24, 2.45) is 11.8 Å². The van der Waals surface area contributed by atoms with Crippen LogP contribution >= 0.6 is 11.8 Å².